The first-order valence-corrected chi connectivity index (χ1v) is 7.97. The Morgan fingerprint density at radius 3 is 2.58 bits per heavy atom. The zero-order valence-electron chi connectivity index (χ0n) is 13.4. The molecule has 24 heavy (non-hydrogen) atoms. The second-order valence-corrected chi connectivity index (χ2v) is 6.03. The van der Waals surface area contributed by atoms with Crippen LogP contribution in [-0.4, -0.2) is 33.2 Å². The van der Waals surface area contributed by atoms with Crippen molar-refractivity contribution in [1.29, 1.82) is 0 Å². The highest BCUT2D eigenvalue weighted by molar-refractivity contribution is 7.17. The molecule has 0 aromatic carbocycles. The molecule has 1 amide bonds. The van der Waals surface area contributed by atoms with Crippen LogP contribution in [0.2, 0.25) is 0 Å². The van der Waals surface area contributed by atoms with E-state index in [0.717, 1.165) is 33.9 Å². The molecule has 0 radical (unpaired) electrons. The molecule has 0 aliphatic rings. The number of hydrogen-bond donors (Lipinski definition) is 1. The predicted molar refractivity (Wildman–Crippen MR) is 91.4 cm³/mol. The van der Waals surface area contributed by atoms with Gasteiger partial charge in [0, 0.05) is 29.3 Å². The molecule has 7 nitrogen and oxygen atoms in total. The number of carbonyl (C=O) groups is 1. The van der Waals surface area contributed by atoms with E-state index in [1.807, 2.05) is 32.0 Å². The van der Waals surface area contributed by atoms with E-state index >= 15 is 0 Å². The number of amides is 1. The normalized spacial score (nSPS) is 10.5. The highest BCUT2D eigenvalue weighted by atomic mass is 32.1. The monoisotopic (exact) mass is 341 g/mol. The molecule has 0 saturated carbocycles. The van der Waals surface area contributed by atoms with E-state index in [1.54, 1.807) is 12.4 Å². The Bertz CT molecular complexity index is 876. The minimum Gasteiger partial charge on any atom is -0.472 e. The van der Waals surface area contributed by atoms with Crippen molar-refractivity contribution in [1.82, 2.24) is 20.2 Å². The van der Waals surface area contributed by atoms with Gasteiger partial charge in [-0.25, -0.2) is 0 Å². The number of ether oxygens (including phenoxy) is 1. The SMILES string of the molecule is COc1nnc(NC(=O)c2cnc(C)cc2-c2ccc(C)nc2)s1. The quantitative estimate of drug-likeness (QED) is 0.785. The average molecular weight is 341 g/mol. The maximum atomic E-state index is 12.6. The minimum atomic E-state index is -0.308. The van der Waals surface area contributed by atoms with Gasteiger partial charge in [0.05, 0.1) is 12.7 Å². The summed E-state index contributed by atoms with van der Waals surface area (Å²) in [6.07, 6.45) is 3.30. The first-order chi connectivity index (χ1) is 11.6. The molecule has 0 fully saturated rings. The van der Waals surface area contributed by atoms with Crippen LogP contribution >= 0.6 is 11.3 Å². The summed E-state index contributed by atoms with van der Waals surface area (Å²) in [5, 5.41) is 11.1. The molecule has 3 rings (SSSR count). The molecule has 1 N–H and O–H groups in total. The second kappa shape index (κ2) is 6.71. The fraction of sp³-hybridized carbons (Fsp3) is 0.188. The van der Waals surface area contributed by atoms with Gasteiger partial charge in [-0.3, -0.25) is 20.1 Å². The van der Waals surface area contributed by atoms with Crippen molar-refractivity contribution in [2.75, 3.05) is 12.4 Å². The zero-order valence-corrected chi connectivity index (χ0v) is 14.2. The maximum Gasteiger partial charge on any atom is 0.295 e. The van der Waals surface area contributed by atoms with Crippen molar-refractivity contribution in [3.8, 4) is 16.3 Å². The lowest BCUT2D eigenvalue weighted by Crippen LogP contribution is -2.14. The lowest BCUT2D eigenvalue weighted by molar-refractivity contribution is 0.102. The minimum absolute atomic E-state index is 0.308. The summed E-state index contributed by atoms with van der Waals surface area (Å²) >= 11 is 1.15. The fourth-order valence-electron chi connectivity index (χ4n) is 2.11. The number of nitrogens with one attached hydrogen (secondary N) is 1. The van der Waals surface area contributed by atoms with E-state index in [1.165, 1.54) is 7.11 Å². The van der Waals surface area contributed by atoms with Crippen LogP contribution in [0.5, 0.6) is 5.19 Å². The largest absolute Gasteiger partial charge is 0.472 e. The van der Waals surface area contributed by atoms with Crippen molar-refractivity contribution in [2.24, 2.45) is 0 Å². The van der Waals surface area contributed by atoms with E-state index in [9.17, 15) is 4.79 Å². The van der Waals surface area contributed by atoms with Crippen LogP contribution < -0.4 is 10.1 Å². The molecular weight excluding hydrogens is 326 g/mol. The molecule has 3 heterocycles. The van der Waals surface area contributed by atoms with E-state index in [-0.39, 0.29) is 5.91 Å². The summed E-state index contributed by atoms with van der Waals surface area (Å²) in [6, 6.07) is 5.70. The molecule has 3 aromatic heterocycles. The van der Waals surface area contributed by atoms with Crippen molar-refractivity contribution >= 4 is 22.4 Å². The standard InChI is InChI=1S/C16H15N5O2S/c1-9-4-5-11(7-17-9)12-6-10(2)18-8-13(12)14(22)19-15-20-21-16(23-3)24-15/h4-8H,1-3H3,(H,19,20,22). The maximum absolute atomic E-state index is 12.6. The number of pyridine rings is 2. The molecule has 0 bridgehead atoms. The number of hydrogen-bond acceptors (Lipinski definition) is 7. The van der Waals surface area contributed by atoms with Gasteiger partial charge in [-0.1, -0.05) is 11.2 Å². The Labute approximate surface area is 142 Å². The summed E-state index contributed by atoms with van der Waals surface area (Å²) in [7, 11) is 1.50. The Morgan fingerprint density at radius 1 is 1.12 bits per heavy atom. The van der Waals surface area contributed by atoms with E-state index < -0.39 is 0 Å². The van der Waals surface area contributed by atoms with Crippen molar-refractivity contribution < 1.29 is 9.53 Å². The fourth-order valence-corrected chi connectivity index (χ4v) is 2.67. The second-order valence-electron chi connectivity index (χ2n) is 5.09. The van der Waals surface area contributed by atoms with E-state index in [4.69, 9.17) is 4.74 Å². The Morgan fingerprint density at radius 2 is 1.92 bits per heavy atom. The summed E-state index contributed by atoms with van der Waals surface area (Å²) in [5.74, 6) is -0.308. The molecule has 0 atom stereocenters. The number of methoxy groups -OCH3 is 1. The molecule has 3 aromatic rings. The van der Waals surface area contributed by atoms with Gasteiger partial charge in [0.15, 0.2) is 0 Å². The number of aromatic nitrogens is 4. The number of carbonyl (C=O) groups excluding carboxylic acids is 1. The van der Waals surface area contributed by atoms with Crippen LogP contribution in [0.4, 0.5) is 5.13 Å². The van der Waals surface area contributed by atoms with Crippen LogP contribution in [0.25, 0.3) is 11.1 Å². The van der Waals surface area contributed by atoms with Gasteiger partial charge in [0.25, 0.3) is 11.1 Å². The topological polar surface area (TPSA) is 89.9 Å². The van der Waals surface area contributed by atoms with Gasteiger partial charge in [0.1, 0.15) is 0 Å². The highest BCUT2D eigenvalue weighted by Crippen LogP contribution is 2.26. The average Bonchev–Trinajstić information content (AvgIpc) is 3.03. The first kappa shape index (κ1) is 16.0. The van der Waals surface area contributed by atoms with Gasteiger partial charge in [-0.15, -0.1) is 5.10 Å². The van der Waals surface area contributed by atoms with Gasteiger partial charge >= 0.3 is 0 Å². The third-order valence-electron chi connectivity index (χ3n) is 3.31. The third kappa shape index (κ3) is 3.38. The van der Waals surface area contributed by atoms with Crippen LogP contribution in [-0.2, 0) is 0 Å². The highest BCUT2D eigenvalue weighted by Gasteiger charge is 2.16. The summed E-state index contributed by atoms with van der Waals surface area (Å²) in [6.45, 7) is 3.79. The molecule has 0 unspecified atom stereocenters. The molecule has 8 heteroatoms. The lowest BCUT2D eigenvalue weighted by atomic mass is 10.0. The van der Waals surface area contributed by atoms with Crippen molar-refractivity contribution in [2.45, 2.75) is 13.8 Å². The molecule has 0 spiro atoms. The Kier molecular flexibility index (Phi) is 4.48. The Balaban J connectivity index is 1.94. The predicted octanol–water partition coefficient (Wildman–Crippen LogP) is 2.87. The van der Waals surface area contributed by atoms with Crippen LogP contribution in [0.3, 0.4) is 0 Å². The van der Waals surface area contributed by atoms with Crippen molar-refractivity contribution in [3.05, 3.63) is 47.5 Å². The molecule has 122 valence electrons. The van der Waals surface area contributed by atoms with E-state index in [2.05, 4.69) is 25.5 Å². The van der Waals surface area contributed by atoms with Crippen molar-refractivity contribution in [3.63, 3.8) is 0 Å². The number of nitrogens with zero attached hydrogens (tertiary/aromatic N) is 4. The number of aryl methyl sites for hydroxylation is 2. The number of rotatable bonds is 4. The third-order valence-corrected chi connectivity index (χ3v) is 4.11. The van der Waals surface area contributed by atoms with Gasteiger partial charge in [0.2, 0.25) is 5.13 Å². The van der Waals surface area contributed by atoms with Gasteiger partial charge in [-0.2, -0.15) is 0 Å². The van der Waals surface area contributed by atoms with Crippen LogP contribution in [0.1, 0.15) is 21.7 Å². The lowest BCUT2D eigenvalue weighted by Gasteiger charge is -2.09. The summed E-state index contributed by atoms with van der Waals surface area (Å²) in [4.78, 5) is 21.1. The van der Waals surface area contributed by atoms with Crippen LogP contribution in [0.15, 0.2) is 30.6 Å². The smallest absolute Gasteiger partial charge is 0.295 e. The van der Waals surface area contributed by atoms with Crippen LogP contribution in [0, 0.1) is 13.8 Å². The van der Waals surface area contributed by atoms with Gasteiger partial charge < -0.3 is 4.74 Å². The summed E-state index contributed by atoms with van der Waals surface area (Å²) < 4.78 is 4.98. The van der Waals surface area contributed by atoms with E-state index in [0.29, 0.717) is 15.9 Å². The number of anilines is 1. The molecule has 0 aliphatic carbocycles. The summed E-state index contributed by atoms with van der Waals surface area (Å²) in [5.41, 5.74) is 3.80. The molecule has 0 aliphatic heterocycles. The van der Waals surface area contributed by atoms with Gasteiger partial charge in [-0.05, 0) is 42.9 Å². The first-order valence-electron chi connectivity index (χ1n) is 7.15. The Hall–Kier alpha value is -2.87. The molecule has 0 saturated heterocycles. The zero-order chi connectivity index (χ0) is 17.1. The molecular formula is C16H15N5O2S.